The molecule has 168 valence electrons. The van der Waals surface area contributed by atoms with Gasteiger partial charge in [0.25, 0.3) is 11.8 Å². The molecular weight excluding hydrogens is 449 g/mol. The van der Waals surface area contributed by atoms with E-state index in [1.807, 2.05) is 36.4 Å². The standard InChI is InChI=1S/C24H25Cl2N3O3/c25-21-7-6-18(16-22(21)26)17-31-23-24(28-11-10-27-23)32-20-8-12-29(13-9-20)14-15-30-19-4-2-1-3-5-19/h1-7,10-11,16,20H,8-9,12-15,17H2. The molecule has 0 unspecified atom stereocenters. The van der Waals surface area contributed by atoms with E-state index in [0.29, 0.717) is 35.0 Å². The highest BCUT2D eigenvalue weighted by atomic mass is 35.5. The summed E-state index contributed by atoms with van der Waals surface area (Å²) in [6.07, 6.45) is 5.09. The van der Waals surface area contributed by atoms with Crippen LogP contribution in [0.15, 0.2) is 60.9 Å². The van der Waals surface area contributed by atoms with Crippen LogP contribution >= 0.6 is 23.2 Å². The van der Waals surface area contributed by atoms with Gasteiger partial charge < -0.3 is 14.2 Å². The fourth-order valence-corrected chi connectivity index (χ4v) is 3.81. The lowest BCUT2D eigenvalue weighted by atomic mass is 10.1. The summed E-state index contributed by atoms with van der Waals surface area (Å²) in [6.45, 7) is 3.76. The molecule has 0 radical (unpaired) electrons. The van der Waals surface area contributed by atoms with Crippen LogP contribution in [0.25, 0.3) is 0 Å². The van der Waals surface area contributed by atoms with Gasteiger partial charge in [-0.2, -0.15) is 0 Å². The van der Waals surface area contributed by atoms with Crippen molar-refractivity contribution < 1.29 is 14.2 Å². The molecule has 0 spiro atoms. The Labute approximate surface area is 198 Å². The smallest absolute Gasteiger partial charge is 0.278 e. The molecule has 0 aliphatic carbocycles. The van der Waals surface area contributed by atoms with Gasteiger partial charge in [0, 0.05) is 32.0 Å². The lowest BCUT2D eigenvalue weighted by Gasteiger charge is -2.31. The molecule has 0 N–H and O–H groups in total. The van der Waals surface area contributed by atoms with Crippen molar-refractivity contribution in [1.29, 1.82) is 0 Å². The third kappa shape index (κ3) is 6.48. The van der Waals surface area contributed by atoms with Crippen LogP contribution in [0.3, 0.4) is 0 Å². The number of benzene rings is 2. The topological polar surface area (TPSA) is 56.7 Å². The molecule has 1 fully saturated rings. The van der Waals surface area contributed by atoms with Gasteiger partial charge in [-0.3, -0.25) is 4.90 Å². The Hall–Kier alpha value is -2.54. The average Bonchev–Trinajstić information content (AvgIpc) is 2.82. The van der Waals surface area contributed by atoms with Crippen molar-refractivity contribution in [2.45, 2.75) is 25.6 Å². The van der Waals surface area contributed by atoms with Gasteiger partial charge in [-0.15, -0.1) is 0 Å². The summed E-state index contributed by atoms with van der Waals surface area (Å²) in [5, 5.41) is 1.00. The van der Waals surface area contributed by atoms with Crippen LogP contribution in [0, 0.1) is 0 Å². The zero-order valence-corrected chi connectivity index (χ0v) is 19.1. The van der Waals surface area contributed by atoms with Gasteiger partial charge in [0.1, 0.15) is 25.1 Å². The number of aromatic nitrogens is 2. The van der Waals surface area contributed by atoms with E-state index < -0.39 is 0 Å². The molecule has 1 aliphatic heterocycles. The van der Waals surface area contributed by atoms with Crippen molar-refractivity contribution in [3.05, 3.63) is 76.5 Å². The minimum absolute atomic E-state index is 0.0744. The second-order valence-corrected chi connectivity index (χ2v) is 8.34. The normalized spacial score (nSPS) is 14.8. The molecule has 2 aromatic carbocycles. The second-order valence-electron chi connectivity index (χ2n) is 7.52. The number of hydrogen-bond donors (Lipinski definition) is 0. The van der Waals surface area contributed by atoms with Crippen molar-refractivity contribution in [3.8, 4) is 17.5 Å². The zero-order valence-electron chi connectivity index (χ0n) is 17.6. The quantitative estimate of drug-likeness (QED) is 0.421. The van der Waals surface area contributed by atoms with Gasteiger partial charge in [0.2, 0.25) is 0 Å². The molecular formula is C24H25Cl2N3O3. The Morgan fingerprint density at radius 1 is 0.875 bits per heavy atom. The number of hydrogen-bond acceptors (Lipinski definition) is 6. The van der Waals surface area contributed by atoms with Crippen LogP contribution in [-0.4, -0.2) is 47.2 Å². The van der Waals surface area contributed by atoms with E-state index >= 15 is 0 Å². The summed E-state index contributed by atoms with van der Waals surface area (Å²) in [5.41, 5.74) is 0.891. The molecule has 0 bridgehead atoms. The fourth-order valence-electron chi connectivity index (χ4n) is 3.49. The SMILES string of the molecule is Clc1ccc(COc2nccnc2OC2CCN(CCOc3ccccc3)CC2)cc1Cl. The van der Waals surface area contributed by atoms with Crippen LogP contribution in [-0.2, 0) is 6.61 Å². The number of nitrogens with zero attached hydrogens (tertiary/aromatic N) is 3. The van der Waals surface area contributed by atoms with Crippen LogP contribution in [0.5, 0.6) is 17.5 Å². The summed E-state index contributed by atoms with van der Waals surface area (Å²) in [4.78, 5) is 11.0. The van der Waals surface area contributed by atoms with Gasteiger partial charge in [-0.25, -0.2) is 9.97 Å². The predicted octanol–water partition coefficient (Wildman–Crippen LogP) is 5.28. The number of para-hydroxylation sites is 1. The highest BCUT2D eigenvalue weighted by molar-refractivity contribution is 6.42. The summed E-state index contributed by atoms with van der Waals surface area (Å²) in [6, 6.07) is 15.3. The Bertz CT molecular complexity index is 999. The monoisotopic (exact) mass is 473 g/mol. The average molecular weight is 474 g/mol. The van der Waals surface area contributed by atoms with Crippen molar-refractivity contribution in [1.82, 2.24) is 14.9 Å². The minimum Gasteiger partial charge on any atom is -0.492 e. The molecule has 1 aromatic heterocycles. The van der Waals surface area contributed by atoms with Crippen molar-refractivity contribution >= 4 is 23.2 Å². The zero-order chi connectivity index (χ0) is 22.2. The Balaban J connectivity index is 1.24. The summed E-state index contributed by atoms with van der Waals surface area (Å²) < 4.78 is 17.8. The van der Waals surface area contributed by atoms with Crippen LogP contribution in [0.1, 0.15) is 18.4 Å². The Morgan fingerprint density at radius 3 is 2.38 bits per heavy atom. The first kappa shape index (κ1) is 22.6. The van der Waals surface area contributed by atoms with E-state index in [2.05, 4.69) is 14.9 Å². The first-order valence-corrected chi connectivity index (χ1v) is 11.4. The highest BCUT2D eigenvalue weighted by Crippen LogP contribution is 2.27. The molecule has 2 heterocycles. The largest absolute Gasteiger partial charge is 0.492 e. The molecule has 0 saturated carbocycles. The fraction of sp³-hybridized carbons (Fsp3) is 0.333. The molecule has 3 aromatic rings. The lowest BCUT2D eigenvalue weighted by molar-refractivity contribution is 0.0840. The first-order chi connectivity index (χ1) is 15.7. The van der Waals surface area contributed by atoms with Gasteiger partial charge in [-0.1, -0.05) is 47.5 Å². The van der Waals surface area contributed by atoms with E-state index in [1.54, 1.807) is 24.5 Å². The molecule has 4 rings (SSSR count). The van der Waals surface area contributed by atoms with Crippen molar-refractivity contribution in [3.63, 3.8) is 0 Å². The summed E-state index contributed by atoms with van der Waals surface area (Å²) in [7, 11) is 0. The molecule has 0 amide bonds. The number of piperidine rings is 1. The van der Waals surface area contributed by atoms with Crippen molar-refractivity contribution in [2.24, 2.45) is 0 Å². The van der Waals surface area contributed by atoms with Gasteiger partial charge in [0.05, 0.1) is 10.0 Å². The molecule has 8 heteroatoms. The van der Waals surface area contributed by atoms with Crippen LogP contribution < -0.4 is 14.2 Å². The third-order valence-corrected chi connectivity index (χ3v) is 5.96. The minimum atomic E-state index is 0.0744. The van der Waals surface area contributed by atoms with E-state index in [1.165, 1.54) is 0 Å². The van der Waals surface area contributed by atoms with Crippen molar-refractivity contribution in [2.75, 3.05) is 26.2 Å². The maximum atomic E-state index is 6.14. The summed E-state index contributed by atoms with van der Waals surface area (Å²) in [5.74, 6) is 1.69. The van der Waals surface area contributed by atoms with Crippen LogP contribution in [0.4, 0.5) is 0 Å². The van der Waals surface area contributed by atoms with E-state index in [-0.39, 0.29) is 6.10 Å². The van der Waals surface area contributed by atoms with Gasteiger partial charge in [-0.05, 0) is 42.7 Å². The first-order valence-electron chi connectivity index (χ1n) is 10.6. The van der Waals surface area contributed by atoms with E-state index in [4.69, 9.17) is 37.4 Å². The molecule has 32 heavy (non-hydrogen) atoms. The van der Waals surface area contributed by atoms with Gasteiger partial charge in [0.15, 0.2) is 0 Å². The Kier molecular flexibility index (Phi) is 8.04. The number of rotatable bonds is 9. The van der Waals surface area contributed by atoms with Gasteiger partial charge >= 0.3 is 0 Å². The number of likely N-dealkylation sites (tertiary alicyclic amines) is 1. The lowest BCUT2D eigenvalue weighted by Crippen LogP contribution is -2.40. The summed E-state index contributed by atoms with van der Waals surface area (Å²) >= 11 is 12.1. The predicted molar refractivity (Wildman–Crippen MR) is 125 cm³/mol. The number of ether oxygens (including phenoxy) is 3. The van der Waals surface area contributed by atoms with E-state index in [0.717, 1.165) is 43.8 Å². The molecule has 0 atom stereocenters. The molecule has 6 nitrogen and oxygen atoms in total. The van der Waals surface area contributed by atoms with Crippen LogP contribution in [0.2, 0.25) is 10.0 Å². The Morgan fingerprint density at radius 2 is 1.62 bits per heavy atom. The number of halogens is 2. The molecule has 1 saturated heterocycles. The maximum absolute atomic E-state index is 6.14. The second kappa shape index (κ2) is 11.4. The third-order valence-electron chi connectivity index (χ3n) is 5.23. The van der Waals surface area contributed by atoms with E-state index in [9.17, 15) is 0 Å². The maximum Gasteiger partial charge on any atom is 0.278 e. The highest BCUT2D eigenvalue weighted by Gasteiger charge is 2.22. The molecule has 1 aliphatic rings.